The highest BCUT2D eigenvalue weighted by atomic mass is 32.2. The third-order valence-corrected chi connectivity index (χ3v) is 4.46. The zero-order valence-electron chi connectivity index (χ0n) is 15.3. The number of amides is 3. The number of carbonyl (C=O) groups is 2. The van der Waals surface area contributed by atoms with Crippen molar-refractivity contribution >= 4 is 23.7 Å². The molecule has 0 aliphatic heterocycles. The molecule has 2 rings (SSSR count). The van der Waals surface area contributed by atoms with Crippen LogP contribution in [0.4, 0.5) is 9.18 Å². The predicted octanol–water partition coefficient (Wildman–Crippen LogP) is 2.73. The number of aromatic nitrogens is 3. The highest BCUT2D eigenvalue weighted by Crippen LogP contribution is 2.26. The molecule has 0 aliphatic rings. The first-order valence-electron chi connectivity index (χ1n) is 8.02. The van der Waals surface area contributed by atoms with Crippen LogP contribution in [0.1, 0.15) is 27.7 Å². The summed E-state index contributed by atoms with van der Waals surface area (Å²) in [6, 6.07) is 5.71. The Labute approximate surface area is 155 Å². The van der Waals surface area contributed by atoms with Gasteiger partial charge in [0.25, 0.3) is 0 Å². The Morgan fingerprint density at radius 3 is 2.50 bits per heavy atom. The maximum absolute atomic E-state index is 13.9. The van der Waals surface area contributed by atoms with Crippen molar-refractivity contribution in [2.75, 3.05) is 0 Å². The molecule has 1 heterocycles. The molecule has 0 spiro atoms. The Hall–Kier alpha value is -2.42. The lowest BCUT2D eigenvalue weighted by molar-refractivity contribution is -0.119. The first-order chi connectivity index (χ1) is 12.1. The van der Waals surface area contributed by atoms with Crippen LogP contribution < -0.4 is 10.6 Å². The average Bonchev–Trinajstić information content (AvgIpc) is 2.86. The van der Waals surface area contributed by atoms with Gasteiger partial charge in [0.2, 0.25) is 5.91 Å². The van der Waals surface area contributed by atoms with Gasteiger partial charge in [-0.3, -0.25) is 10.1 Å². The van der Waals surface area contributed by atoms with Gasteiger partial charge in [-0.25, -0.2) is 9.18 Å². The average molecular weight is 379 g/mol. The molecule has 2 N–H and O–H groups in total. The van der Waals surface area contributed by atoms with Gasteiger partial charge >= 0.3 is 6.03 Å². The zero-order valence-corrected chi connectivity index (χ0v) is 16.1. The van der Waals surface area contributed by atoms with E-state index >= 15 is 0 Å². The van der Waals surface area contributed by atoms with Gasteiger partial charge < -0.3 is 9.88 Å². The lowest BCUT2D eigenvalue weighted by atomic mass is 10.1. The molecule has 0 saturated carbocycles. The highest BCUT2D eigenvalue weighted by molar-refractivity contribution is 8.00. The standard InChI is InChI=1S/C17H22FN5O2S/c1-10(14(24)19-15(25)20-17(2,3)4)26-16-22-21-13(23(16)5)11-8-6-7-9-12(11)18/h6-10H,1-5H3,(H2,19,20,24,25). The molecule has 3 amide bonds. The van der Waals surface area contributed by atoms with Crippen LogP contribution in [-0.2, 0) is 11.8 Å². The molecule has 0 radical (unpaired) electrons. The summed E-state index contributed by atoms with van der Waals surface area (Å²) in [5.41, 5.74) is -0.116. The van der Waals surface area contributed by atoms with Gasteiger partial charge in [0.15, 0.2) is 11.0 Å². The van der Waals surface area contributed by atoms with Gasteiger partial charge in [-0.15, -0.1) is 10.2 Å². The Kier molecular flexibility index (Phi) is 6.01. The Morgan fingerprint density at radius 1 is 1.23 bits per heavy atom. The van der Waals surface area contributed by atoms with Crippen LogP contribution in [0.15, 0.2) is 29.4 Å². The zero-order chi connectivity index (χ0) is 19.5. The van der Waals surface area contributed by atoms with Gasteiger partial charge in [0.1, 0.15) is 5.82 Å². The first-order valence-corrected chi connectivity index (χ1v) is 8.90. The van der Waals surface area contributed by atoms with Crippen molar-refractivity contribution in [3.05, 3.63) is 30.1 Å². The minimum absolute atomic E-state index is 0.330. The SMILES string of the molecule is CC(Sc1nnc(-c2ccccc2F)n1C)C(=O)NC(=O)NC(C)(C)C. The summed E-state index contributed by atoms with van der Waals surface area (Å²) in [6.45, 7) is 7.11. The van der Waals surface area contributed by atoms with E-state index in [-0.39, 0.29) is 0 Å². The maximum atomic E-state index is 13.9. The normalized spacial score (nSPS) is 12.5. The number of hydrogen-bond acceptors (Lipinski definition) is 5. The third-order valence-electron chi connectivity index (χ3n) is 3.33. The topological polar surface area (TPSA) is 88.9 Å². The summed E-state index contributed by atoms with van der Waals surface area (Å²) in [4.78, 5) is 24.0. The molecule has 9 heteroatoms. The quantitative estimate of drug-likeness (QED) is 0.798. The van der Waals surface area contributed by atoms with E-state index in [0.29, 0.717) is 16.5 Å². The van der Waals surface area contributed by atoms with Crippen LogP contribution in [-0.4, -0.2) is 37.5 Å². The molecule has 1 unspecified atom stereocenters. The number of imide groups is 1. The van der Waals surface area contributed by atoms with Crippen molar-refractivity contribution in [3.63, 3.8) is 0 Å². The van der Waals surface area contributed by atoms with Crippen LogP contribution in [0, 0.1) is 5.82 Å². The molecular weight excluding hydrogens is 357 g/mol. The second kappa shape index (κ2) is 7.86. The number of hydrogen-bond donors (Lipinski definition) is 2. The molecule has 26 heavy (non-hydrogen) atoms. The summed E-state index contributed by atoms with van der Waals surface area (Å²) in [7, 11) is 1.70. The number of carbonyl (C=O) groups excluding carboxylic acids is 2. The first kappa shape index (κ1) is 19.9. The van der Waals surface area contributed by atoms with Crippen molar-refractivity contribution in [2.45, 2.75) is 43.6 Å². The van der Waals surface area contributed by atoms with Crippen molar-refractivity contribution < 1.29 is 14.0 Å². The summed E-state index contributed by atoms with van der Waals surface area (Å²) < 4.78 is 15.6. The van der Waals surface area contributed by atoms with E-state index in [9.17, 15) is 14.0 Å². The molecule has 2 aromatic rings. The van der Waals surface area contributed by atoms with Crippen LogP contribution in [0.5, 0.6) is 0 Å². The summed E-state index contributed by atoms with van der Waals surface area (Å²) >= 11 is 1.13. The van der Waals surface area contributed by atoms with Gasteiger partial charge in [-0.05, 0) is 39.8 Å². The molecule has 1 atom stereocenters. The smallest absolute Gasteiger partial charge is 0.321 e. The lowest BCUT2D eigenvalue weighted by Crippen LogP contribution is -2.49. The molecule has 140 valence electrons. The third kappa shape index (κ3) is 5.04. The molecule has 0 bridgehead atoms. The number of rotatable bonds is 4. The number of urea groups is 1. The molecule has 0 aliphatic carbocycles. The summed E-state index contributed by atoms with van der Waals surface area (Å²) in [5, 5.41) is 12.8. The molecule has 7 nitrogen and oxygen atoms in total. The number of thioether (sulfide) groups is 1. The maximum Gasteiger partial charge on any atom is 0.321 e. The van der Waals surface area contributed by atoms with E-state index in [2.05, 4.69) is 20.8 Å². The van der Waals surface area contributed by atoms with Crippen molar-refractivity contribution in [3.8, 4) is 11.4 Å². The second-order valence-electron chi connectivity index (χ2n) is 6.80. The molecule has 1 aromatic heterocycles. The minimum atomic E-state index is -0.586. The monoisotopic (exact) mass is 379 g/mol. The minimum Gasteiger partial charge on any atom is -0.333 e. The number of benzene rings is 1. The number of nitrogens with zero attached hydrogens (tertiary/aromatic N) is 3. The van der Waals surface area contributed by atoms with Gasteiger partial charge in [-0.1, -0.05) is 23.9 Å². The fraction of sp³-hybridized carbons (Fsp3) is 0.412. The van der Waals surface area contributed by atoms with Crippen molar-refractivity contribution in [1.82, 2.24) is 25.4 Å². The highest BCUT2D eigenvalue weighted by Gasteiger charge is 2.23. The summed E-state index contributed by atoms with van der Waals surface area (Å²) in [6.07, 6.45) is 0. The second-order valence-corrected chi connectivity index (χ2v) is 8.11. The van der Waals surface area contributed by atoms with Crippen LogP contribution in [0.25, 0.3) is 11.4 Å². The Bertz CT molecular complexity index is 816. The van der Waals surface area contributed by atoms with Crippen LogP contribution >= 0.6 is 11.8 Å². The molecule has 0 fully saturated rings. The van der Waals surface area contributed by atoms with E-state index in [1.54, 1.807) is 36.7 Å². The fourth-order valence-electron chi connectivity index (χ4n) is 2.09. The van der Waals surface area contributed by atoms with Gasteiger partial charge in [0.05, 0.1) is 10.8 Å². The number of nitrogens with one attached hydrogen (secondary N) is 2. The van der Waals surface area contributed by atoms with E-state index in [1.165, 1.54) is 6.07 Å². The molecule has 1 aromatic carbocycles. The summed E-state index contributed by atoms with van der Waals surface area (Å²) in [5.74, 6) is -0.486. The fourth-order valence-corrected chi connectivity index (χ4v) is 2.91. The van der Waals surface area contributed by atoms with E-state index in [0.717, 1.165) is 11.8 Å². The largest absolute Gasteiger partial charge is 0.333 e. The lowest BCUT2D eigenvalue weighted by Gasteiger charge is -2.21. The van der Waals surface area contributed by atoms with Gasteiger partial charge in [-0.2, -0.15) is 0 Å². The Balaban J connectivity index is 2.06. The molecule has 0 saturated heterocycles. The van der Waals surface area contributed by atoms with Crippen molar-refractivity contribution in [2.24, 2.45) is 7.05 Å². The number of halogens is 1. The molecular formula is C17H22FN5O2S. The van der Waals surface area contributed by atoms with Crippen LogP contribution in [0.3, 0.4) is 0 Å². The van der Waals surface area contributed by atoms with Crippen molar-refractivity contribution in [1.29, 1.82) is 0 Å². The van der Waals surface area contributed by atoms with E-state index in [1.807, 2.05) is 20.8 Å². The van der Waals surface area contributed by atoms with E-state index in [4.69, 9.17) is 0 Å². The van der Waals surface area contributed by atoms with Crippen LogP contribution in [0.2, 0.25) is 0 Å². The van der Waals surface area contributed by atoms with E-state index < -0.39 is 28.5 Å². The Morgan fingerprint density at radius 2 is 1.88 bits per heavy atom. The predicted molar refractivity (Wildman–Crippen MR) is 98.1 cm³/mol. The van der Waals surface area contributed by atoms with Gasteiger partial charge in [0, 0.05) is 12.6 Å².